The minimum absolute atomic E-state index is 0.107. The van der Waals surface area contributed by atoms with E-state index >= 15 is 0 Å². The highest BCUT2D eigenvalue weighted by Crippen LogP contribution is 2.31. The molecule has 0 aliphatic carbocycles. The third-order valence-corrected chi connectivity index (χ3v) is 5.84. The van der Waals surface area contributed by atoms with E-state index < -0.39 is 21.8 Å². The standard InChI is InChI=1S/C20H19F3N2O2S/c1-25(2)18-7-3-6-17-16(18)5-4-8-19(17)28(26,27)24-13-14-9-11-15(12-10-14)20(21,22)23/h3-12,24H,13H2,1-2H3. The zero-order valence-corrected chi connectivity index (χ0v) is 16.1. The summed E-state index contributed by atoms with van der Waals surface area (Å²) in [6.07, 6.45) is -4.43. The second kappa shape index (κ2) is 7.44. The monoisotopic (exact) mass is 408 g/mol. The second-order valence-electron chi connectivity index (χ2n) is 6.54. The Labute approximate surface area is 161 Å². The number of rotatable bonds is 5. The van der Waals surface area contributed by atoms with Gasteiger partial charge in [0.15, 0.2) is 0 Å². The quantitative estimate of drug-likeness (QED) is 0.681. The molecule has 1 N–H and O–H groups in total. The van der Waals surface area contributed by atoms with E-state index in [2.05, 4.69) is 4.72 Å². The van der Waals surface area contributed by atoms with Crippen LogP contribution in [0.15, 0.2) is 65.6 Å². The van der Waals surface area contributed by atoms with Crippen molar-refractivity contribution in [2.45, 2.75) is 17.6 Å². The van der Waals surface area contributed by atoms with E-state index in [9.17, 15) is 21.6 Å². The minimum Gasteiger partial charge on any atom is -0.377 e. The number of alkyl halides is 3. The second-order valence-corrected chi connectivity index (χ2v) is 8.28. The van der Waals surface area contributed by atoms with E-state index in [-0.39, 0.29) is 11.4 Å². The van der Waals surface area contributed by atoms with Crippen molar-refractivity contribution >= 4 is 26.5 Å². The highest BCUT2D eigenvalue weighted by molar-refractivity contribution is 7.89. The molecule has 8 heteroatoms. The van der Waals surface area contributed by atoms with Gasteiger partial charge in [0.25, 0.3) is 0 Å². The number of nitrogens with zero attached hydrogens (tertiary/aromatic N) is 1. The van der Waals surface area contributed by atoms with Gasteiger partial charge >= 0.3 is 6.18 Å². The highest BCUT2D eigenvalue weighted by Gasteiger charge is 2.30. The van der Waals surface area contributed by atoms with Gasteiger partial charge in [-0.1, -0.05) is 36.4 Å². The lowest BCUT2D eigenvalue weighted by atomic mass is 10.1. The summed E-state index contributed by atoms with van der Waals surface area (Å²) in [7, 11) is -0.109. The summed E-state index contributed by atoms with van der Waals surface area (Å²) in [5.74, 6) is 0. The number of nitrogens with one attached hydrogen (secondary N) is 1. The molecule has 3 aromatic rings. The van der Waals surface area contributed by atoms with Gasteiger partial charge < -0.3 is 4.90 Å². The Morgan fingerprint density at radius 1 is 0.893 bits per heavy atom. The van der Waals surface area contributed by atoms with Gasteiger partial charge in [0.05, 0.1) is 10.5 Å². The first-order valence-corrected chi connectivity index (χ1v) is 9.93. The van der Waals surface area contributed by atoms with Crippen LogP contribution in [0, 0.1) is 0 Å². The molecule has 0 aliphatic rings. The fourth-order valence-corrected chi connectivity index (χ4v) is 4.19. The molecule has 0 amide bonds. The molecule has 0 radical (unpaired) electrons. The van der Waals surface area contributed by atoms with Gasteiger partial charge in [-0.05, 0) is 29.8 Å². The van der Waals surface area contributed by atoms with Crippen molar-refractivity contribution in [3.8, 4) is 0 Å². The summed E-state index contributed by atoms with van der Waals surface area (Å²) >= 11 is 0. The molecule has 28 heavy (non-hydrogen) atoms. The van der Waals surface area contributed by atoms with Gasteiger partial charge in [-0.15, -0.1) is 0 Å². The summed E-state index contributed by atoms with van der Waals surface area (Å²) in [5.41, 5.74) is 0.549. The van der Waals surface area contributed by atoms with E-state index in [4.69, 9.17) is 0 Å². The summed E-state index contributed by atoms with van der Waals surface area (Å²) in [4.78, 5) is 2.02. The van der Waals surface area contributed by atoms with Crippen LogP contribution in [0.3, 0.4) is 0 Å². The molecule has 0 saturated heterocycles. The van der Waals surface area contributed by atoms with E-state index in [1.807, 2.05) is 31.1 Å². The maximum Gasteiger partial charge on any atom is 0.416 e. The Hall–Kier alpha value is -2.58. The van der Waals surface area contributed by atoms with Gasteiger partial charge in [-0.25, -0.2) is 13.1 Å². The predicted molar refractivity (Wildman–Crippen MR) is 104 cm³/mol. The molecule has 0 saturated carbocycles. The van der Waals surface area contributed by atoms with E-state index in [1.165, 1.54) is 18.2 Å². The predicted octanol–water partition coefficient (Wildman–Crippen LogP) is 4.40. The summed E-state index contributed by atoms with van der Waals surface area (Å²) in [6, 6.07) is 14.8. The topological polar surface area (TPSA) is 49.4 Å². The van der Waals surface area contributed by atoms with E-state index in [0.29, 0.717) is 10.9 Å². The van der Waals surface area contributed by atoms with Crippen LogP contribution >= 0.6 is 0 Å². The normalized spacial score (nSPS) is 12.3. The maximum absolute atomic E-state index is 12.8. The number of hydrogen-bond acceptors (Lipinski definition) is 3. The van der Waals surface area contributed by atoms with Crippen LogP contribution in [0.4, 0.5) is 18.9 Å². The molecule has 0 aromatic heterocycles. The third-order valence-electron chi connectivity index (χ3n) is 4.38. The average molecular weight is 408 g/mol. The minimum atomic E-state index is -4.43. The molecular formula is C20H19F3N2O2S. The Balaban J connectivity index is 1.89. The number of benzene rings is 3. The van der Waals surface area contributed by atoms with Crippen molar-refractivity contribution in [3.63, 3.8) is 0 Å². The summed E-state index contributed by atoms with van der Waals surface area (Å²) < 4.78 is 66.0. The van der Waals surface area contributed by atoms with Crippen molar-refractivity contribution in [2.75, 3.05) is 19.0 Å². The molecule has 0 heterocycles. The largest absolute Gasteiger partial charge is 0.416 e. The fourth-order valence-electron chi connectivity index (χ4n) is 2.96. The number of anilines is 1. The molecule has 3 aromatic carbocycles. The zero-order valence-electron chi connectivity index (χ0n) is 15.3. The molecule has 4 nitrogen and oxygen atoms in total. The van der Waals surface area contributed by atoms with Crippen LogP contribution in [-0.2, 0) is 22.7 Å². The van der Waals surface area contributed by atoms with Gasteiger partial charge in [0.1, 0.15) is 0 Å². The van der Waals surface area contributed by atoms with Crippen LogP contribution in [0.2, 0.25) is 0 Å². The number of fused-ring (bicyclic) bond motifs is 1. The van der Waals surface area contributed by atoms with Gasteiger partial charge in [-0.3, -0.25) is 0 Å². The number of sulfonamides is 1. The maximum atomic E-state index is 12.8. The van der Waals surface area contributed by atoms with Crippen molar-refractivity contribution in [2.24, 2.45) is 0 Å². The fraction of sp³-hybridized carbons (Fsp3) is 0.200. The molecule has 0 atom stereocenters. The first-order valence-electron chi connectivity index (χ1n) is 8.44. The van der Waals surface area contributed by atoms with Crippen molar-refractivity contribution in [1.29, 1.82) is 0 Å². The lowest BCUT2D eigenvalue weighted by molar-refractivity contribution is -0.137. The van der Waals surface area contributed by atoms with Crippen molar-refractivity contribution < 1.29 is 21.6 Å². The van der Waals surface area contributed by atoms with Crippen LogP contribution in [0.5, 0.6) is 0 Å². The van der Waals surface area contributed by atoms with E-state index in [1.54, 1.807) is 18.2 Å². The lowest BCUT2D eigenvalue weighted by Gasteiger charge is -2.17. The molecular weight excluding hydrogens is 389 g/mol. The smallest absolute Gasteiger partial charge is 0.377 e. The van der Waals surface area contributed by atoms with Crippen LogP contribution in [0.1, 0.15) is 11.1 Å². The van der Waals surface area contributed by atoms with Gasteiger partial charge in [-0.2, -0.15) is 13.2 Å². The van der Waals surface area contributed by atoms with Crippen LogP contribution in [0.25, 0.3) is 10.8 Å². The molecule has 0 spiro atoms. The highest BCUT2D eigenvalue weighted by atomic mass is 32.2. The number of halogens is 3. The average Bonchev–Trinajstić information content (AvgIpc) is 2.65. The van der Waals surface area contributed by atoms with E-state index in [0.717, 1.165) is 23.2 Å². The van der Waals surface area contributed by atoms with Gasteiger partial charge in [0, 0.05) is 37.1 Å². The first kappa shape index (κ1) is 20.2. The Kier molecular flexibility index (Phi) is 5.36. The van der Waals surface area contributed by atoms with Crippen LogP contribution < -0.4 is 9.62 Å². The van der Waals surface area contributed by atoms with Crippen LogP contribution in [-0.4, -0.2) is 22.5 Å². The van der Waals surface area contributed by atoms with Gasteiger partial charge in [0.2, 0.25) is 10.0 Å². The molecule has 0 unspecified atom stereocenters. The van der Waals surface area contributed by atoms with Crippen molar-refractivity contribution in [1.82, 2.24) is 4.72 Å². The SMILES string of the molecule is CN(C)c1cccc2c(S(=O)(=O)NCc3ccc(C(F)(F)F)cc3)cccc12. The lowest BCUT2D eigenvalue weighted by Crippen LogP contribution is -2.23. The number of hydrogen-bond donors (Lipinski definition) is 1. The summed E-state index contributed by atoms with van der Waals surface area (Å²) in [5, 5.41) is 1.37. The molecule has 0 bridgehead atoms. The molecule has 148 valence electrons. The van der Waals surface area contributed by atoms with Crippen molar-refractivity contribution in [3.05, 3.63) is 71.8 Å². The Morgan fingerprint density at radius 2 is 1.50 bits per heavy atom. The third kappa shape index (κ3) is 4.13. The summed E-state index contributed by atoms with van der Waals surface area (Å²) in [6.45, 7) is -0.107. The molecule has 0 fully saturated rings. The zero-order chi connectivity index (χ0) is 20.5. The Bertz CT molecular complexity index is 1090. The molecule has 3 rings (SSSR count). The molecule has 0 aliphatic heterocycles. The first-order chi connectivity index (χ1) is 13.1. The Morgan fingerprint density at radius 3 is 2.11 bits per heavy atom.